The first-order valence-electron chi connectivity index (χ1n) is 6.08. The fourth-order valence-electron chi connectivity index (χ4n) is 1.52. The second kappa shape index (κ2) is 7.99. The third-order valence-corrected chi connectivity index (χ3v) is 2.80. The molecule has 3 N–H and O–H groups in total. The number of methoxy groups -OCH3 is 1. The minimum Gasteiger partial charge on any atom is -0.480 e. The molecule has 1 aliphatic rings. The van der Waals surface area contributed by atoms with E-state index in [1.165, 1.54) is 13.3 Å². The number of alkyl halides is 3. The summed E-state index contributed by atoms with van der Waals surface area (Å²) in [6, 6.07) is 0.385. The Balaban J connectivity index is 0.000000295. The third-order valence-electron chi connectivity index (χ3n) is 2.54. The summed E-state index contributed by atoms with van der Waals surface area (Å²) in [6.45, 7) is 1.97. The molecule has 1 saturated heterocycles. The minimum absolute atomic E-state index is 0.385. The lowest BCUT2D eigenvalue weighted by Gasteiger charge is -2.11. The molecule has 1 atom stereocenters. The van der Waals surface area contributed by atoms with E-state index in [2.05, 4.69) is 20.6 Å². The summed E-state index contributed by atoms with van der Waals surface area (Å²) in [6.07, 6.45) is -2.47. The molecule has 22 heavy (non-hydrogen) atoms. The van der Waals surface area contributed by atoms with Crippen LogP contribution in [0.2, 0.25) is 5.02 Å². The number of halogens is 4. The van der Waals surface area contributed by atoms with E-state index in [0.29, 0.717) is 22.9 Å². The first-order valence-corrected chi connectivity index (χ1v) is 6.45. The van der Waals surface area contributed by atoms with E-state index in [1.807, 2.05) is 0 Å². The molecular formula is C11H14ClF3N4O3. The summed E-state index contributed by atoms with van der Waals surface area (Å²) in [5, 5.41) is 14.0. The van der Waals surface area contributed by atoms with Gasteiger partial charge in [-0.05, 0) is 13.0 Å². The predicted molar refractivity (Wildman–Crippen MR) is 72.2 cm³/mol. The fourth-order valence-corrected chi connectivity index (χ4v) is 1.69. The number of aliphatic carboxylic acids is 1. The van der Waals surface area contributed by atoms with E-state index in [-0.39, 0.29) is 0 Å². The molecule has 1 fully saturated rings. The van der Waals surface area contributed by atoms with Crippen molar-refractivity contribution < 1.29 is 27.8 Å². The molecule has 0 aliphatic carbocycles. The number of aromatic nitrogens is 2. The predicted octanol–water partition coefficient (Wildman–Crippen LogP) is 1.55. The van der Waals surface area contributed by atoms with Crippen LogP contribution in [-0.2, 0) is 4.79 Å². The van der Waals surface area contributed by atoms with Crippen LogP contribution in [0.1, 0.15) is 6.42 Å². The summed E-state index contributed by atoms with van der Waals surface area (Å²) in [4.78, 5) is 17.1. The van der Waals surface area contributed by atoms with Gasteiger partial charge >= 0.3 is 12.1 Å². The topological polar surface area (TPSA) is 96.4 Å². The standard InChI is InChI=1S/C9H13ClN4O.C2HF3O2/c1-15-8-7(10)5-12-9(14-8)13-6-2-3-11-4-6;3-2(4,5)1(6)7/h5-6,11H,2-4H2,1H3,(H,12,13,14);(H,6,7). The van der Waals surface area contributed by atoms with Crippen LogP contribution in [0.3, 0.4) is 0 Å². The monoisotopic (exact) mass is 342 g/mol. The van der Waals surface area contributed by atoms with E-state index >= 15 is 0 Å². The van der Waals surface area contributed by atoms with Gasteiger partial charge in [0.05, 0.1) is 13.3 Å². The van der Waals surface area contributed by atoms with Gasteiger partial charge in [0.25, 0.3) is 0 Å². The van der Waals surface area contributed by atoms with Crippen molar-refractivity contribution in [2.45, 2.75) is 18.6 Å². The number of nitrogens with zero attached hydrogens (tertiary/aromatic N) is 2. The second-order valence-electron chi connectivity index (χ2n) is 4.19. The van der Waals surface area contributed by atoms with Gasteiger partial charge in [0, 0.05) is 12.6 Å². The molecule has 0 radical (unpaired) electrons. The maximum Gasteiger partial charge on any atom is 0.490 e. The number of anilines is 1. The second-order valence-corrected chi connectivity index (χ2v) is 4.59. The van der Waals surface area contributed by atoms with Gasteiger partial charge in [-0.3, -0.25) is 0 Å². The highest BCUT2D eigenvalue weighted by Crippen LogP contribution is 2.21. The molecule has 0 spiro atoms. The number of hydrogen-bond donors (Lipinski definition) is 3. The van der Waals surface area contributed by atoms with Crippen molar-refractivity contribution in [1.29, 1.82) is 0 Å². The molecule has 2 heterocycles. The molecule has 11 heteroatoms. The number of hydrogen-bond acceptors (Lipinski definition) is 6. The van der Waals surface area contributed by atoms with Crippen LogP contribution in [0.15, 0.2) is 6.20 Å². The van der Waals surface area contributed by atoms with Crippen molar-refractivity contribution in [2.24, 2.45) is 0 Å². The van der Waals surface area contributed by atoms with E-state index in [9.17, 15) is 13.2 Å². The Morgan fingerprint density at radius 1 is 1.59 bits per heavy atom. The zero-order chi connectivity index (χ0) is 16.8. The molecule has 1 aliphatic heterocycles. The third kappa shape index (κ3) is 5.90. The summed E-state index contributed by atoms with van der Waals surface area (Å²) in [7, 11) is 1.54. The fraction of sp³-hybridized carbons (Fsp3) is 0.545. The quantitative estimate of drug-likeness (QED) is 0.766. The maximum absolute atomic E-state index is 10.6. The highest BCUT2D eigenvalue weighted by molar-refractivity contribution is 6.31. The number of nitrogens with one attached hydrogen (secondary N) is 2. The van der Waals surface area contributed by atoms with Crippen molar-refractivity contribution in [2.75, 3.05) is 25.5 Å². The molecule has 1 unspecified atom stereocenters. The van der Waals surface area contributed by atoms with Gasteiger partial charge in [-0.1, -0.05) is 11.6 Å². The highest BCUT2D eigenvalue weighted by Gasteiger charge is 2.38. The SMILES string of the molecule is COc1nc(NC2CCNC2)ncc1Cl.O=C(O)C(F)(F)F. The highest BCUT2D eigenvalue weighted by atomic mass is 35.5. The van der Waals surface area contributed by atoms with E-state index < -0.39 is 12.1 Å². The average molecular weight is 343 g/mol. The van der Waals surface area contributed by atoms with E-state index in [4.69, 9.17) is 26.2 Å². The lowest BCUT2D eigenvalue weighted by Crippen LogP contribution is -2.23. The summed E-state index contributed by atoms with van der Waals surface area (Å²) in [5.41, 5.74) is 0. The Hall–Kier alpha value is -1.81. The molecular weight excluding hydrogens is 329 g/mol. The van der Waals surface area contributed by atoms with Gasteiger partial charge in [-0.25, -0.2) is 9.78 Å². The molecule has 7 nitrogen and oxygen atoms in total. The number of carboxylic acids is 1. The molecule has 1 aromatic heterocycles. The van der Waals surface area contributed by atoms with Crippen LogP contribution in [0.25, 0.3) is 0 Å². The summed E-state index contributed by atoms with van der Waals surface area (Å²) < 4.78 is 36.7. The van der Waals surface area contributed by atoms with Crippen LogP contribution in [0.4, 0.5) is 19.1 Å². The zero-order valence-electron chi connectivity index (χ0n) is 11.4. The van der Waals surface area contributed by atoms with Gasteiger partial charge in [-0.15, -0.1) is 0 Å². The Bertz CT molecular complexity index is 510. The summed E-state index contributed by atoms with van der Waals surface area (Å²) in [5.74, 6) is -1.79. The van der Waals surface area contributed by atoms with Crippen LogP contribution in [0.5, 0.6) is 5.88 Å². The Morgan fingerprint density at radius 2 is 2.23 bits per heavy atom. The van der Waals surface area contributed by atoms with Crippen molar-refractivity contribution in [3.8, 4) is 5.88 Å². The van der Waals surface area contributed by atoms with Gasteiger partial charge in [0.2, 0.25) is 11.8 Å². The summed E-state index contributed by atoms with van der Waals surface area (Å²) >= 11 is 5.82. The van der Waals surface area contributed by atoms with E-state index in [1.54, 1.807) is 0 Å². The Kier molecular flexibility index (Phi) is 6.62. The van der Waals surface area contributed by atoms with Crippen LogP contribution in [0, 0.1) is 0 Å². The average Bonchev–Trinajstić information content (AvgIpc) is 2.93. The first kappa shape index (κ1) is 18.2. The van der Waals surface area contributed by atoms with Gasteiger partial charge in [0.1, 0.15) is 5.02 Å². The number of carboxylic acid groups (broad SMARTS) is 1. The molecule has 124 valence electrons. The molecule has 0 bridgehead atoms. The molecule has 2 rings (SSSR count). The first-order chi connectivity index (χ1) is 10.2. The molecule has 0 saturated carbocycles. The lowest BCUT2D eigenvalue weighted by atomic mass is 10.3. The number of rotatable bonds is 3. The minimum atomic E-state index is -5.08. The smallest absolute Gasteiger partial charge is 0.480 e. The molecule has 0 amide bonds. The van der Waals surface area contributed by atoms with E-state index in [0.717, 1.165) is 19.5 Å². The number of ether oxygens (including phenoxy) is 1. The Morgan fingerprint density at radius 3 is 2.68 bits per heavy atom. The van der Waals surface area contributed by atoms with Gasteiger partial charge in [0.15, 0.2) is 0 Å². The van der Waals surface area contributed by atoms with Crippen LogP contribution < -0.4 is 15.4 Å². The van der Waals surface area contributed by atoms with Crippen molar-refractivity contribution in [3.05, 3.63) is 11.2 Å². The maximum atomic E-state index is 10.6. The van der Waals surface area contributed by atoms with Crippen molar-refractivity contribution >= 4 is 23.5 Å². The van der Waals surface area contributed by atoms with Gasteiger partial charge < -0.3 is 20.5 Å². The largest absolute Gasteiger partial charge is 0.490 e. The van der Waals surface area contributed by atoms with Crippen LogP contribution in [-0.4, -0.2) is 53.5 Å². The lowest BCUT2D eigenvalue weighted by molar-refractivity contribution is -0.192. The van der Waals surface area contributed by atoms with Crippen molar-refractivity contribution in [1.82, 2.24) is 15.3 Å². The Labute approximate surface area is 128 Å². The van der Waals surface area contributed by atoms with Crippen molar-refractivity contribution in [3.63, 3.8) is 0 Å². The molecule has 1 aromatic rings. The normalized spacial score (nSPS) is 17.4. The van der Waals surface area contributed by atoms with Gasteiger partial charge in [-0.2, -0.15) is 18.2 Å². The molecule has 0 aromatic carbocycles. The number of carbonyl (C=O) groups is 1. The van der Waals surface area contributed by atoms with Crippen LogP contribution >= 0.6 is 11.6 Å². The zero-order valence-corrected chi connectivity index (χ0v) is 12.2.